The maximum Gasteiger partial charge on any atom is 0.257 e. The van der Waals surface area contributed by atoms with Gasteiger partial charge < -0.3 is 21.1 Å². The van der Waals surface area contributed by atoms with E-state index in [4.69, 9.17) is 16.2 Å². The predicted molar refractivity (Wildman–Crippen MR) is 133 cm³/mol. The van der Waals surface area contributed by atoms with Crippen LogP contribution >= 0.6 is 0 Å². The van der Waals surface area contributed by atoms with Crippen LogP contribution in [-0.2, 0) is 9.53 Å². The van der Waals surface area contributed by atoms with Crippen molar-refractivity contribution in [2.75, 3.05) is 26.7 Å². The Kier molecular flexibility index (Phi) is 12.4. The van der Waals surface area contributed by atoms with E-state index in [1.165, 1.54) is 31.9 Å². The highest BCUT2D eigenvalue weighted by molar-refractivity contribution is 6.05. The minimum atomic E-state index is -2.58. The summed E-state index contributed by atoms with van der Waals surface area (Å²) >= 11 is 0. The first-order valence-corrected chi connectivity index (χ1v) is 11.0. The third-order valence-electron chi connectivity index (χ3n) is 4.78. The largest absolute Gasteiger partial charge is 0.469 e. The van der Waals surface area contributed by atoms with E-state index >= 15 is 0 Å². The number of nitrogens with zero attached hydrogens (tertiary/aromatic N) is 5. The van der Waals surface area contributed by atoms with Crippen LogP contribution in [0.25, 0.3) is 0 Å². The number of alkyl halides is 3. The maximum atomic E-state index is 14.8. The number of hydrogen-bond donors (Lipinski definition) is 2. The molecule has 2 atom stereocenters. The Balaban J connectivity index is 3.29. The Labute approximate surface area is 208 Å². The van der Waals surface area contributed by atoms with Gasteiger partial charge in [-0.2, -0.15) is 10.1 Å². The first kappa shape index (κ1) is 30.4. The molecule has 0 aliphatic carbocycles. The molecule has 4 N–H and O–H groups in total. The Morgan fingerprint density at radius 1 is 1.33 bits per heavy atom. The Morgan fingerprint density at radius 2 is 2.00 bits per heavy atom. The van der Waals surface area contributed by atoms with Crippen molar-refractivity contribution in [2.45, 2.75) is 45.4 Å². The van der Waals surface area contributed by atoms with Gasteiger partial charge in [-0.15, -0.1) is 6.58 Å². The highest BCUT2D eigenvalue weighted by Gasteiger charge is 2.34. The Hall–Kier alpha value is -3.64. The molecule has 36 heavy (non-hydrogen) atoms. The molecule has 1 aliphatic rings. The van der Waals surface area contributed by atoms with Crippen molar-refractivity contribution in [3.05, 3.63) is 48.2 Å². The number of piperidine rings is 1. The molecule has 0 saturated carbocycles. The Morgan fingerprint density at radius 3 is 2.56 bits per heavy atom. The molecule has 1 aliphatic heterocycles. The number of likely N-dealkylation sites (tertiary alicyclic amines) is 1. The highest BCUT2D eigenvalue weighted by atomic mass is 19.3. The normalized spacial score (nSPS) is 20.4. The van der Waals surface area contributed by atoms with Crippen LogP contribution in [0.15, 0.2) is 63.3 Å². The predicted octanol–water partition coefficient (Wildman–Crippen LogP) is 3.03. The molecule has 0 spiro atoms. The van der Waals surface area contributed by atoms with E-state index in [2.05, 4.69) is 28.2 Å². The minimum absolute atomic E-state index is 0.00315. The van der Waals surface area contributed by atoms with E-state index in [9.17, 15) is 22.4 Å². The van der Waals surface area contributed by atoms with Gasteiger partial charge in [-0.05, 0) is 20.3 Å². The molecular formula is C23H33F4N7O2. The summed E-state index contributed by atoms with van der Waals surface area (Å²) in [6.45, 7) is 9.46. The van der Waals surface area contributed by atoms with Gasteiger partial charge in [0.25, 0.3) is 6.43 Å². The van der Waals surface area contributed by atoms with Crippen LogP contribution < -0.4 is 11.5 Å². The number of aliphatic imine (C=N–C) groups is 2. The molecule has 0 aromatic rings. The van der Waals surface area contributed by atoms with Crippen LogP contribution in [0.5, 0.6) is 0 Å². The second-order valence-corrected chi connectivity index (χ2v) is 7.91. The van der Waals surface area contributed by atoms with Crippen molar-refractivity contribution < 1.29 is 27.1 Å². The van der Waals surface area contributed by atoms with Gasteiger partial charge in [0, 0.05) is 31.9 Å². The smallest absolute Gasteiger partial charge is 0.257 e. The van der Waals surface area contributed by atoms with Crippen LogP contribution in [-0.4, -0.2) is 79.1 Å². The van der Waals surface area contributed by atoms with Crippen LogP contribution in [0.3, 0.4) is 0 Å². The van der Waals surface area contributed by atoms with Crippen LogP contribution in [0.4, 0.5) is 17.6 Å². The first-order valence-electron chi connectivity index (χ1n) is 11.0. The lowest BCUT2D eigenvalue weighted by atomic mass is 10.1. The van der Waals surface area contributed by atoms with Gasteiger partial charge in [0.1, 0.15) is 18.1 Å². The molecule has 9 nitrogen and oxygen atoms in total. The zero-order valence-corrected chi connectivity index (χ0v) is 20.6. The lowest BCUT2D eigenvalue weighted by Crippen LogP contribution is -2.49. The van der Waals surface area contributed by atoms with Gasteiger partial charge in [-0.25, -0.2) is 22.6 Å². The van der Waals surface area contributed by atoms with E-state index in [-0.39, 0.29) is 54.6 Å². The van der Waals surface area contributed by atoms with Crippen LogP contribution in [0, 0.1) is 0 Å². The van der Waals surface area contributed by atoms with E-state index in [1.807, 2.05) is 0 Å². The molecule has 13 heteroatoms. The molecule has 1 rings (SSSR count). The van der Waals surface area contributed by atoms with Gasteiger partial charge in [-0.3, -0.25) is 9.80 Å². The van der Waals surface area contributed by atoms with Gasteiger partial charge >= 0.3 is 0 Å². The van der Waals surface area contributed by atoms with Gasteiger partial charge in [0.2, 0.25) is 11.8 Å². The summed E-state index contributed by atoms with van der Waals surface area (Å²) in [6.07, 6.45) is -1.93. The van der Waals surface area contributed by atoms with Crippen molar-refractivity contribution in [3.63, 3.8) is 0 Å². The van der Waals surface area contributed by atoms with Crippen LogP contribution in [0.1, 0.15) is 26.7 Å². The summed E-state index contributed by atoms with van der Waals surface area (Å²) in [7, 11) is 1.35. The SMILES string of the molecule is C=CCC(=O)N1CC[C@H](F)[C@H](OC(=NC(C)=NC(=C)/C=N\N(C)CC(F)F)C(=C(C)N)/C(F)=C\N)C1. The molecule has 0 aromatic carbocycles. The number of amides is 1. The number of halogens is 4. The molecule has 1 saturated heterocycles. The third kappa shape index (κ3) is 9.92. The molecule has 1 heterocycles. The zero-order chi connectivity index (χ0) is 27.4. The first-order chi connectivity index (χ1) is 16.9. The van der Waals surface area contributed by atoms with E-state index < -0.39 is 37.0 Å². The number of amidine groups is 1. The average Bonchev–Trinajstić information content (AvgIpc) is 2.78. The topological polar surface area (TPSA) is 122 Å². The number of hydrazone groups is 1. The summed E-state index contributed by atoms with van der Waals surface area (Å²) in [5.74, 6) is -1.64. The molecule has 0 unspecified atom stereocenters. The molecular weight excluding hydrogens is 482 g/mol. The van der Waals surface area contributed by atoms with Gasteiger partial charge in [0.15, 0.2) is 5.83 Å². The molecule has 0 aromatic heterocycles. The number of ether oxygens (including phenoxy) is 1. The second kappa shape index (κ2) is 14.7. The van der Waals surface area contributed by atoms with E-state index in [0.29, 0.717) is 6.20 Å². The van der Waals surface area contributed by atoms with Crippen molar-refractivity contribution in [3.8, 4) is 0 Å². The minimum Gasteiger partial charge on any atom is -0.469 e. The lowest BCUT2D eigenvalue weighted by Gasteiger charge is -2.35. The Bertz CT molecular complexity index is 956. The maximum absolute atomic E-state index is 14.8. The van der Waals surface area contributed by atoms with Crippen molar-refractivity contribution in [2.24, 2.45) is 26.6 Å². The summed E-state index contributed by atoms with van der Waals surface area (Å²) in [4.78, 5) is 21.9. The van der Waals surface area contributed by atoms with Crippen molar-refractivity contribution >= 4 is 23.9 Å². The van der Waals surface area contributed by atoms with Crippen LogP contribution in [0.2, 0.25) is 0 Å². The summed E-state index contributed by atoms with van der Waals surface area (Å²) in [6, 6.07) is 0. The number of allylic oxidation sites excluding steroid dienone is 2. The fraction of sp³-hybridized carbons (Fsp3) is 0.478. The zero-order valence-electron chi connectivity index (χ0n) is 20.6. The molecule has 0 radical (unpaired) electrons. The fourth-order valence-electron chi connectivity index (χ4n) is 3.13. The molecule has 1 fully saturated rings. The second-order valence-electron chi connectivity index (χ2n) is 7.91. The molecule has 200 valence electrons. The highest BCUT2D eigenvalue weighted by Crippen LogP contribution is 2.23. The van der Waals surface area contributed by atoms with Gasteiger partial charge in [-0.1, -0.05) is 12.7 Å². The third-order valence-corrected chi connectivity index (χ3v) is 4.78. The summed E-state index contributed by atoms with van der Waals surface area (Å²) in [5.41, 5.74) is 10.8. The van der Waals surface area contributed by atoms with Crippen molar-refractivity contribution in [1.29, 1.82) is 0 Å². The summed E-state index contributed by atoms with van der Waals surface area (Å²) in [5, 5.41) is 4.78. The van der Waals surface area contributed by atoms with E-state index in [1.54, 1.807) is 0 Å². The number of carbonyl (C=O) groups excluding carboxylic acids is 1. The number of nitrogens with two attached hydrogens (primary N) is 2. The monoisotopic (exact) mass is 515 g/mol. The molecule has 1 amide bonds. The lowest BCUT2D eigenvalue weighted by molar-refractivity contribution is -0.134. The number of hydrogen-bond acceptors (Lipinski definition) is 7. The number of carbonyl (C=O) groups is 1. The van der Waals surface area contributed by atoms with Gasteiger partial charge in [0.05, 0.1) is 30.6 Å². The van der Waals surface area contributed by atoms with E-state index in [0.717, 1.165) is 11.2 Å². The number of rotatable bonds is 10. The fourth-order valence-corrected chi connectivity index (χ4v) is 3.13. The summed E-state index contributed by atoms with van der Waals surface area (Å²) < 4.78 is 59.9. The average molecular weight is 516 g/mol. The molecule has 0 bridgehead atoms. The standard InChI is InChI=1S/C23H33F4N7O2/c1-6-7-21(35)34-9-8-17(24)19(12-34)36-23(22(15(3)29)18(25)10-28)32-16(4)31-14(2)11-30-33(5)13-20(26)27/h6,10-11,17,19-20H,1-2,7-9,12-13,28-29H2,3-5H3/b18-10+,22-15?,30-11-,31-16?,32-23?/t17-,19+/m0/s1. The quantitative estimate of drug-likeness (QED) is 0.116. The van der Waals surface area contributed by atoms with Crippen molar-refractivity contribution in [1.82, 2.24) is 9.91 Å².